The van der Waals surface area contributed by atoms with Crippen molar-refractivity contribution in [2.75, 3.05) is 39.7 Å². The highest BCUT2D eigenvalue weighted by molar-refractivity contribution is 8.13. The Morgan fingerprint density at radius 3 is 1.03 bits per heavy atom. The largest absolute Gasteiger partial charge is 0.433 e. The fourth-order valence-corrected chi connectivity index (χ4v) is 16.5. The van der Waals surface area contributed by atoms with E-state index < -0.39 is 148 Å². The number of hydrogen-bond acceptors (Lipinski definition) is 19. The third-order valence-corrected chi connectivity index (χ3v) is 23.5. The Bertz CT molecular complexity index is 5050. The molecule has 3 aliphatic heterocycles. The van der Waals surface area contributed by atoms with Crippen LogP contribution in [0.2, 0.25) is 0 Å². The van der Waals surface area contributed by atoms with Crippen LogP contribution in [0.3, 0.4) is 0 Å². The van der Waals surface area contributed by atoms with Crippen molar-refractivity contribution in [3.63, 3.8) is 0 Å². The Kier molecular flexibility index (Phi) is 30.1. The summed E-state index contributed by atoms with van der Waals surface area (Å²) in [6, 6.07) is 20.5. The number of sulfonamides is 2. The van der Waals surface area contributed by atoms with E-state index in [1.165, 1.54) is 49.3 Å². The minimum absolute atomic E-state index is 0. The van der Waals surface area contributed by atoms with Crippen LogP contribution in [-0.4, -0.2) is 160 Å². The number of benzene rings is 3. The number of carbonyl (C=O) groups is 3. The van der Waals surface area contributed by atoms with Gasteiger partial charge in [-0.05, 0) is 159 Å². The summed E-state index contributed by atoms with van der Waals surface area (Å²) >= 11 is 0. The fraction of sp³-hybridized carbons (Fsp3) is 0.351. The van der Waals surface area contributed by atoms with E-state index in [0.717, 1.165) is 118 Å². The fourth-order valence-electron chi connectivity index (χ4n) is 12.2. The molecule has 6 atom stereocenters. The van der Waals surface area contributed by atoms with Gasteiger partial charge in [0.2, 0.25) is 20.0 Å². The molecular formula is C74H68Cl2F16N12O9S3. The van der Waals surface area contributed by atoms with E-state index in [1.54, 1.807) is 19.9 Å². The third kappa shape index (κ3) is 24.1. The molecule has 622 valence electrons. The lowest BCUT2D eigenvalue weighted by atomic mass is 9.88. The van der Waals surface area contributed by atoms with Gasteiger partial charge in [0.05, 0.1) is 63.2 Å². The summed E-state index contributed by atoms with van der Waals surface area (Å²) in [6.07, 6.45) is -6.86. The number of halogens is 18. The zero-order chi connectivity index (χ0) is 84.3. The second kappa shape index (κ2) is 37.9. The molecule has 42 heteroatoms. The van der Waals surface area contributed by atoms with Gasteiger partial charge in [-0.2, -0.15) is 48.1 Å². The Morgan fingerprint density at radius 2 is 0.759 bits per heavy atom. The summed E-state index contributed by atoms with van der Waals surface area (Å²) in [6.45, 7) is -0.301. The standard InChI is InChI=1S/2C25H23F5N4O3S.C18H17F5N4O.C6H4ClFO2S.ClH/c2*1-24(13-26)11-21(34(14-24)38(36,37)19-6-3-17(27)4-7-19)22(35)8-5-18-10-20(33-15-32-18)16-2-9-23(31-12-16)25(28,29)30;19-8-17(20)6-14(25-9-17)15(28)3-2-12-5-13(27-10-26-12)11-1-4-16(24-7-11)18(21,22)23;7-11(9,10)6-3-1-5(8)2-4-6;/h2*2-4,6-7,9-10,12,15,21H,5,8,11,13-14H2,1H3;1,4-5,7,10,14,25H,2-3,6,8-9H2;1-4H;1H/t21-,24+;21-,24-;14-,17?;;/m000../s1. The van der Waals surface area contributed by atoms with Gasteiger partial charge in [0.25, 0.3) is 9.05 Å². The summed E-state index contributed by atoms with van der Waals surface area (Å²) in [5, 5.41) is 2.69. The first-order chi connectivity index (χ1) is 53.8. The second-order valence-corrected chi connectivity index (χ2v) is 33.9. The van der Waals surface area contributed by atoms with Crippen molar-refractivity contribution in [3.8, 4) is 33.8 Å². The number of nitrogens with zero attached hydrogens (tertiary/aromatic N) is 11. The van der Waals surface area contributed by atoms with Gasteiger partial charge in [-0.1, -0.05) is 13.8 Å². The number of ketones is 3. The SMILES string of the molecule is C[C@@]1(CF)C[C@@H](C(=O)CCc2cc(-c3ccc(C(F)(F)F)nc3)ncn2)N(S(=O)(=O)c2ccc(F)cc2)C1.C[C@]1(CF)C[C@@H](C(=O)CCc2cc(-c3ccc(C(F)(F)F)nc3)ncn2)N(S(=O)(=O)c2ccc(F)cc2)C1.Cl.O=C(CCc1cc(-c2ccc(C(F)(F)F)nc2)ncn1)[C@@H]1CC(F)(CF)CN1.O=S(=O)(Cl)c1ccc(F)cc1. The zero-order valence-electron chi connectivity index (χ0n) is 60.6. The van der Waals surface area contributed by atoms with Crippen LogP contribution in [-0.2, 0) is 81.3 Å². The molecule has 1 unspecified atom stereocenters. The highest BCUT2D eigenvalue weighted by Gasteiger charge is 2.51. The molecule has 3 aliphatic rings. The van der Waals surface area contributed by atoms with Gasteiger partial charge in [-0.3, -0.25) is 38.1 Å². The Morgan fingerprint density at radius 1 is 0.448 bits per heavy atom. The molecule has 0 amide bonds. The number of carbonyl (C=O) groups excluding carboxylic acids is 3. The third-order valence-electron chi connectivity index (χ3n) is 18.4. The number of pyridine rings is 3. The van der Waals surface area contributed by atoms with E-state index in [-0.39, 0.29) is 110 Å². The van der Waals surface area contributed by atoms with Crippen molar-refractivity contribution in [1.29, 1.82) is 0 Å². The van der Waals surface area contributed by atoms with Crippen molar-refractivity contribution in [2.24, 2.45) is 10.8 Å². The summed E-state index contributed by atoms with van der Waals surface area (Å²) in [5.74, 6) is -2.86. The second-order valence-electron chi connectivity index (χ2n) is 27.5. The van der Waals surface area contributed by atoms with Gasteiger partial charge in [-0.25, -0.2) is 77.1 Å². The molecule has 0 spiro atoms. The van der Waals surface area contributed by atoms with Crippen molar-refractivity contribution in [2.45, 2.75) is 129 Å². The quantitative estimate of drug-likeness (QED) is 0.0460. The van der Waals surface area contributed by atoms with Crippen LogP contribution in [0.15, 0.2) is 180 Å². The molecule has 3 aromatic carbocycles. The first-order valence-corrected chi connectivity index (χ1v) is 39.5. The van der Waals surface area contributed by atoms with E-state index in [4.69, 9.17) is 10.7 Å². The van der Waals surface area contributed by atoms with E-state index in [2.05, 4.69) is 50.2 Å². The van der Waals surface area contributed by atoms with Crippen LogP contribution in [0.4, 0.5) is 70.2 Å². The molecule has 6 aromatic heterocycles. The van der Waals surface area contributed by atoms with E-state index in [0.29, 0.717) is 50.9 Å². The average Bonchev–Trinajstić information content (AvgIpc) is 1.60. The summed E-state index contributed by atoms with van der Waals surface area (Å²) in [7, 11) is -7.16. The molecule has 0 radical (unpaired) electrons. The number of aryl methyl sites for hydroxylation is 3. The minimum Gasteiger partial charge on any atom is -0.304 e. The smallest absolute Gasteiger partial charge is 0.304 e. The van der Waals surface area contributed by atoms with Crippen molar-refractivity contribution >= 4 is 69.5 Å². The van der Waals surface area contributed by atoms with Gasteiger partial charge >= 0.3 is 18.5 Å². The van der Waals surface area contributed by atoms with Gasteiger partial charge in [0.15, 0.2) is 17.2 Å². The van der Waals surface area contributed by atoms with E-state index in [1.807, 2.05) is 0 Å². The number of rotatable bonds is 23. The topological polar surface area (TPSA) is 288 Å². The predicted octanol–water partition coefficient (Wildman–Crippen LogP) is 14.5. The maximum Gasteiger partial charge on any atom is 0.433 e. The number of alkyl halides is 13. The lowest BCUT2D eigenvalue weighted by Gasteiger charge is -2.23. The lowest BCUT2D eigenvalue weighted by molar-refractivity contribution is -0.141. The monoisotopic (exact) mass is 1740 g/mol. The highest BCUT2D eigenvalue weighted by atomic mass is 35.7. The van der Waals surface area contributed by atoms with Gasteiger partial charge in [0, 0.05) is 119 Å². The number of aromatic nitrogens is 9. The lowest BCUT2D eigenvalue weighted by Crippen LogP contribution is -2.41. The molecule has 116 heavy (non-hydrogen) atoms. The number of nitrogens with one attached hydrogen (secondary N) is 1. The molecule has 9 aromatic rings. The normalized spacial score (nSPS) is 19.9. The van der Waals surface area contributed by atoms with Crippen LogP contribution in [0, 0.1) is 28.3 Å². The molecule has 0 saturated carbocycles. The van der Waals surface area contributed by atoms with Crippen molar-refractivity contribution in [1.82, 2.24) is 58.8 Å². The first-order valence-electron chi connectivity index (χ1n) is 34.3. The molecule has 3 fully saturated rings. The van der Waals surface area contributed by atoms with Gasteiger partial charge in [-0.15, -0.1) is 12.4 Å². The molecule has 9 heterocycles. The van der Waals surface area contributed by atoms with E-state index in [9.17, 15) is 110 Å². The molecule has 12 rings (SSSR count). The summed E-state index contributed by atoms with van der Waals surface area (Å²) in [4.78, 5) is 72.7. The Hall–Kier alpha value is -9.45. The maximum atomic E-state index is 13.9. The Labute approximate surface area is 664 Å². The van der Waals surface area contributed by atoms with Crippen LogP contribution in [0.25, 0.3) is 33.8 Å². The van der Waals surface area contributed by atoms with Gasteiger partial charge in [0.1, 0.15) is 66.0 Å². The zero-order valence-corrected chi connectivity index (χ0v) is 64.6. The number of Topliss-reactive ketones (excluding diaryl/α,β-unsaturated/α-hetero) is 3. The average molecular weight is 1740 g/mol. The van der Waals surface area contributed by atoms with Crippen molar-refractivity contribution < 1.29 is 110 Å². The predicted molar refractivity (Wildman–Crippen MR) is 389 cm³/mol. The van der Waals surface area contributed by atoms with Crippen molar-refractivity contribution in [3.05, 3.63) is 217 Å². The highest BCUT2D eigenvalue weighted by Crippen LogP contribution is 2.42. The molecule has 3 saturated heterocycles. The molecule has 0 aliphatic carbocycles. The van der Waals surface area contributed by atoms with E-state index >= 15 is 0 Å². The number of hydrogen-bond donors (Lipinski definition) is 1. The maximum absolute atomic E-state index is 13.9. The summed E-state index contributed by atoms with van der Waals surface area (Å²) in [5.41, 5.74) is -3.91. The van der Waals surface area contributed by atoms with Gasteiger partial charge < -0.3 is 5.32 Å². The minimum atomic E-state index is -4.58. The summed E-state index contributed by atoms with van der Waals surface area (Å²) < 4.78 is 284. The Balaban J connectivity index is 0.000000205. The molecule has 1 N–H and O–H groups in total. The first kappa shape index (κ1) is 92.1. The van der Waals surface area contributed by atoms with Crippen LogP contribution in [0.5, 0.6) is 0 Å². The van der Waals surface area contributed by atoms with Crippen LogP contribution in [0.1, 0.15) is 86.5 Å². The molecule has 21 nitrogen and oxygen atoms in total. The molecule has 0 bridgehead atoms. The molecular weight excluding hydrogens is 1670 g/mol. The van der Waals surface area contributed by atoms with Crippen LogP contribution >= 0.6 is 23.1 Å². The van der Waals surface area contributed by atoms with Crippen LogP contribution < -0.4 is 5.32 Å².